The summed E-state index contributed by atoms with van der Waals surface area (Å²) in [6.45, 7) is 0. The number of aldehydes is 1. The van der Waals surface area contributed by atoms with Gasteiger partial charge in [-0.1, -0.05) is 12.8 Å². The zero-order valence-corrected chi connectivity index (χ0v) is 8.97. The quantitative estimate of drug-likeness (QED) is 0.721. The summed E-state index contributed by atoms with van der Waals surface area (Å²) in [4.78, 5) is 10.8. The fourth-order valence-corrected chi connectivity index (χ4v) is 2.46. The van der Waals surface area contributed by atoms with Crippen LogP contribution in [0.25, 0.3) is 5.65 Å². The lowest BCUT2D eigenvalue weighted by molar-refractivity contribution is 0.112. The van der Waals surface area contributed by atoms with Crippen molar-refractivity contribution in [2.45, 2.75) is 31.6 Å². The summed E-state index contributed by atoms with van der Waals surface area (Å²) < 4.78 is 1.96. The number of hydrogen-bond donors (Lipinski definition) is 0. The molecule has 3 rings (SSSR count). The van der Waals surface area contributed by atoms with Crippen molar-refractivity contribution in [1.82, 2.24) is 14.6 Å². The van der Waals surface area contributed by atoms with E-state index in [-0.39, 0.29) is 0 Å². The standard InChI is InChI=1S/C12H13N3O/c16-8-9-5-6-11-13-14-12(15(11)7-9)10-3-1-2-4-10/h5-8,10H,1-4H2. The molecule has 1 aliphatic rings. The van der Waals surface area contributed by atoms with E-state index in [2.05, 4.69) is 10.2 Å². The summed E-state index contributed by atoms with van der Waals surface area (Å²) in [5, 5.41) is 8.39. The molecule has 0 amide bonds. The molecule has 0 spiro atoms. The molecule has 0 unspecified atom stereocenters. The highest BCUT2D eigenvalue weighted by atomic mass is 16.1. The Kier molecular flexibility index (Phi) is 2.20. The van der Waals surface area contributed by atoms with Crippen molar-refractivity contribution >= 4 is 11.9 Å². The van der Waals surface area contributed by atoms with E-state index < -0.39 is 0 Å². The van der Waals surface area contributed by atoms with Gasteiger partial charge in [0.05, 0.1) is 0 Å². The highest BCUT2D eigenvalue weighted by molar-refractivity contribution is 5.74. The van der Waals surface area contributed by atoms with Crippen molar-refractivity contribution in [2.75, 3.05) is 0 Å². The van der Waals surface area contributed by atoms with Crippen LogP contribution in [0.1, 0.15) is 47.8 Å². The molecule has 2 aromatic heterocycles. The average molecular weight is 215 g/mol. The van der Waals surface area contributed by atoms with Crippen molar-refractivity contribution in [3.63, 3.8) is 0 Å². The number of aromatic nitrogens is 3. The zero-order valence-electron chi connectivity index (χ0n) is 8.97. The molecule has 0 atom stereocenters. The Hall–Kier alpha value is -1.71. The predicted molar refractivity (Wildman–Crippen MR) is 59.6 cm³/mol. The van der Waals surface area contributed by atoms with Crippen LogP contribution in [0.4, 0.5) is 0 Å². The fraction of sp³-hybridized carbons (Fsp3) is 0.417. The third-order valence-corrected chi connectivity index (χ3v) is 3.31. The van der Waals surface area contributed by atoms with Crippen molar-refractivity contribution in [3.05, 3.63) is 29.7 Å². The molecule has 0 bridgehead atoms. The van der Waals surface area contributed by atoms with Crippen LogP contribution in [-0.2, 0) is 0 Å². The maximum Gasteiger partial charge on any atom is 0.160 e. The third-order valence-electron chi connectivity index (χ3n) is 3.31. The second kappa shape index (κ2) is 3.70. The van der Waals surface area contributed by atoms with E-state index in [9.17, 15) is 4.79 Å². The van der Waals surface area contributed by atoms with Crippen LogP contribution in [-0.4, -0.2) is 20.9 Å². The minimum absolute atomic E-state index is 0.511. The van der Waals surface area contributed by atoms with E-state index in [0.29, 0.717) is 11.5 Å². The normalized spacial score (nSPS) is 17.0. The second-order valence-electron chi connectivity index (χ2n) is 4.35. The van der Waals surface area contributed by atoms with Gasteiger partial charge in [-0.25, -0.2) is 0 Å². The lowest BCUT2D eigenvalue weighted by Gasteiger charge is -2.06. The summed E-state index contributed by atoms with van der Waals surface area (Å²) in [5.41, 5.74) is 1.50. The van der Waals surface area contributed by atoms with Gasteiger partial charge in [-0.3, -0.25) is 9.20 Å². The maximum atomic E-state index is 10.8. The number of hydrogen-bond acceptors (Lipinski definition) is 3. The second-order valence-corrected chi connectivity index (χ2v) is 4.35. The summed E-state index contributed by atoms with van der Waals surface area (Å²) in [7, 11) is 0. The number of rotatable bonds is 2. The van der Waals surface area contributed by atoms with Crippen LogP contribution >= 0.6 is 0 Å². The Bertz CT molecular complexity index is 526. The molecule has 16 heavy (non-hydrogen) atoms. The summed E-state index contributed by atoms with van der Waals surface area (Å²) in [5.74, 6) is 1.52. The zero-order chi connectivity index (χ0) is 11.0. The predicted octanol–water partition coefficient (Wildman–Crippen LogP) is 2.20. The van der Waals surface area contributed by atoms with Gasteiger partial charge in [0.1, 0.15) is 5.82 Å². The number of pyridine rings is 1. The summed E-state index contributed by atoms with van der Waals surface area (Å²) in [6.07, 6.45) is 7.60. The molecule has 0 N–H and O–H groups in total. The lowest BCUT2D eigenvalue weighted by Crippen LogP contribution is -2.00. The molecular weight excluding hydrogens is 202 g/mol. The molecule has 1 aliphatic carbocycles. The van der Waals surface area contributed by atoms with Crippen LogP contribution in [0.5, 0.6) is 0 Å². The van der Waals surface area contributed by atoms with Gasteiger partial charge in [0.15, 0.2) is 11.9 Å². The molecule has 82 valence electrons. The van der Waals surface area contributed by atoms with E-state index in [1.807, 2.05) is 16.7 Å². The average Bonchev–Trinajstić information content (AvgIpc) is 2.96. The molecule has 1 fully saturated rings. The molecule has 0 saturated heterocycles. The molecule has 4 heteroatoms. The minimum atomic E-state index is 0.511. The molecule has 0 aliphatic heterocycles. The number of nitrogens with zero attached hydrogens (tertiary/aromatic N) is 3. The van der Waals surface area contributed by atoms with Crippen LogP contribution < -0.4 is 0 Å². The molecular formula is C12H13N3O. The molecule has 2 aromatic rings. The van der Waals surface area contributed by atoms with Gasteiger partial charge in [0, 0.05) is 17.7 Å². The lowest BCUT2D eigenvalue weighted by atomic mass is 10.1. The van der Waals surface area contributed by atoms with E-state index in [4.69, 9.17) is 0 Å². The Morgan fingerprint density at radius 2 is 2.06 bits per heavy atom. The van der Waals surface area contributed by atoms with Gasteiger partial charge in [-0.15, -0.1) is 10.2 Å². The van der Waals surface area contributed by atoms with Crippen LogP contribution in [0.2, 0.25) is 0 Å². The van der Waals surface area contributed by atoms with Gasteiger partial charge in [-0.2, -0.15) is 0 Å². The SMILES string of the molecule is O=Cc1ccc2nnc(C3CCCC3)n2c1. The summed E-state index contributed by atoms with van der Waals surface area (Å²) in [6, 6.07) is 3.62. The third kappa shape index (κ3) is 1.41. The van der Waals surface area contributed by atoms with Crippen molar-refractivity contribution in [3.8, 4) is 0 Å². The first kappa shape index (κ1) is 9.51. The van der Waals surface area contributed by atoms with Crippen LogP contribution in [0, 0.1) is 0 Å². The van der Waals surface area contributed by atoms with Gasteiger partial charge in [0.25, 0.3) is 0 Å². The first-order chi connectivity index (χ1) is 7.88. The van der Waals surface area contributed by atoms with E-state index in [1.165, 1.54) is 25.7 Å². The molecule has 1 saturated carbocycles. The highest BCUT2D eigenvalue weighted by Gasteiger charge is 2.22. The highest BCUT2D eigenvalue weighted by Crippen LogP contribution is 2.33. The van der Waals surface area contributed by atoms with Gasteiger partial charge in [0.2, 0.25) is 0 Å². The molecule has 4 nitrogen and oxygen atoms in total. The molecule has 0 aromatic carbocycles. The topological polar surface area (TPSA) is 47.3 Å². The van der Waals surface area contributed by atoms with Gasteiger partial charge in [-0.05, 0) is 25.0 Å². The monoisotopic (exact) mass is 215 g/mol. The number of carbonyl (C=O) groups excluding carboxylic acids is 1. The van der Waals surface area contributed by atoms with Gasteiger partial charge >= 0.3 is 0 Å². The van der Waals surface area contributed by atoms with E-state index >= 15 is 0 Å². The van der Waals surface area contributed by atoms with Crippen LogP contribution in [0.15, 0.2) is 18.3 Å². The number of fused-ring (bicyclic) bond motifs is 1. The first-order valence-corrected chi connectivity index (χ1v) is 5.68. The van der Waals surface area contributed by atoms with Crippen molar-refractivity contribution < 1.29 is 4.79 Å². The van der Waals surface area contributed by atoms with Crippen LogP contribution in [0.3, 0.4) is 0 Å². The fourth-order valence-electron chi connectivity index (χ4n) is 2.46. The Labute approximate surface area is 93.3 Å². The Morgan fingerprint density at radius 1 is 1.25 bits per heavy atom. The van der Waals surface area contributed by atoms with Gasteiger partial charge < -0.3 is 0 Å². The molecule has 2 heterocycles. The largest absolute Gasteiger partial charge is 0.298 e. The van der Waals surface area contributed by atoms with E-state index in [0.717, 1.165) is 17.8 Å². The Morgan fingerprint density at radius 3 is 2.81 bits per heavy atom. The molecule has 0 radical (unpaired) electrons. The summed E-state index contributed by atoms with van der Waals surface area (Å²) >= 11 is 0. The first-order valence-electron chi connectivity index (χ1n) is 5.68. The smallest absolute Gasteiger partial charge is 0.160 e. The number of carbonyl (C=O) groups is 1. The van der Waals surface area contributed by atoms with E-state index in [1.54, 1.807) is 6.07 Å². The Balaban J connectivity index is 2.13. The van der Waals surface area contributed by atoms with Crippen molar-refractivity contribution in [1.29, 1.82) is 0 Å². The maximum absolute atomic E-state index is 10.8. The van der Waals surface area contributed by atoms with Crippen molar-refractivity contribution in [2.24, 2.45) is 0 Å². The minimum Gasteiger partial charge on any atom is -0.298 e.